The third kappa shape index (κ3) is 4.54. The number of amides is 3. The van der Waals surface area contributed by atoms with Crippen molar-refractivity contribution in [2.75, 3.05) is 4.72 Å². The van der Waals surface area contributed by atoms with Crippen LogP contribution in [0, 0.1) is 0 Å². The van der Waals surface area contributed by atoms with Crippen LogP contribution in [-0.2, 0) is 14.8 Å². The number of rotatable bonds is 5. The topological polar surface area (TPSA) is 142 Å². The molecule has 0 radical (unpaired) electrons. The Hall–Kier alpha value is -3.65. The van der Waals surface area contributed by atoms with Crippen LogP contribution in [0.4, 0.5) is 18.9 Å². The molecule has 3 N–H and O–H groups in total. The molecule has 0 saturated carbocycles. The van der Waals surface area contributed by atoms with E-state index in [0.717, 1.165) is 35.2 Å². The number of ether oxygens (including phenoxy) is 1. The van der Waals surface area contributed by atoms with E-state index in [1.54, 1.807) is 0 Å². The minimum Gasteiger partial charge on any atom is -0.406 e. The van der Waals surface area contributed by atoms with E-state index in [4.69, 9.17) is 0 Å². The van der Waals surface area contributed by atoms with Gasteiger partial charge in [-0.15, -0.1) is 13.2 Å². The molecule has 2 atom stereocenters. The van der Waals surface area contributed by atoms with Crippen LogP contribution in [0.5, 0.6) is 5.75 Å². The molecule has 2 aromatic rings. The van der Waals surface area contributed by atoms with Gasteiger partial charge in [0.15, 0.2) is 0 Å². The van der Waals surface area contributed by atoms with Crippen molar-refractivity contribution in [3.05, 3.63) is 53.6 Å². The van der Waals surface area contributed by atoms with Crippen molar-refractivity contribution in [3.63, 3.8) is 0 Å². The number of benzene rings is 2. The Morgan fingerprint density at radius 1 is 1.03 bits per heavy atom. The van der Waals surface area contributed by atoms with Crippen LogP contribution in [0.2, 0.25) is 0 Å². The predicted octanol–water partition coefficient (Wildman–Crippen LogP) is 1.58. The molecular weight excluding hydrogens is 483 g/mol. The first-order chi connectivity index (χ1) is 15.9. The number of nitrogens with zero attached hydrogens (tertiary/aromatic N) is 1. The number of anilines is 1. The average Bonchev–Trinajstić information content (AvgIpc) is 2.97. The molecule has 180 valence electrons. The molecule has 3 amide bonds. The summed E-state index contributed by atoms with van der Waals surface area (Å²) in [6, 6.07) is 6.12. The van der Waals surface area contributed by atoms with Gasteiger partial charge in [-0.1, -0.05) is 0 Å². The van der Waals surface area contributed by atoms with Crippen molar-refractivity contribution in [3.8, 4) is 5.75 Å². The van der Waals surface area contributed by atoms with Crippen molar-refractivity contribution in [1.82, 2.24) is 10.2 Å². The molecule has 2 aliphatic heterocycles. The second kappa shape index (κ2) is 8.29. The smallest absolute Gasteiger partial charge is 0.406 e. The van der Waals surface area contributed by atoms with Crippen LogP contribution in [0.3, 0.4) is 0 Å². The summed E-state index contributed by atoms with van der Waals surface area (Å²) in [6.07, 6.45) is -6.30. The number of alkyl halides is 3. The lowest BCUT2D eigenvalue weighted by Gasteiger charge is -2.33. The number of nitrogens with one attached hydrogen (secondary N) is 2. The number of halogens is 3. The molecule has 0 spiro atoms. The van der Waals surface area contributed by atoms with Gasteiger partial charge in [0.2, 0.25) is 5.91 Å². The van der Waals surface area contributed by atoms with Crippen LogP contribution in [-0.4, -0.2) is 54.8 Å². The number of hydrogen-bond donors (Lipinski definition) is 3. The molecule has 2 unspecified atom stereocenters. The van der Waals surface area contributed by atoms with Crippen LogP contribution >= 0.6 is 0 Å². The summed E-state index contributed by atoms with van der Waals surface area (Å²) in [6.45, 7) is 0. The highest BCUT2D eigenvalue weighted by Crippen LogP contribution is 2.31. The van der Waals surface area contributed by atoms with Gasteiger partial charge in [0.05, 0.1) is 22.1 Å². The molecular formula is C20H16F3N3O7S. The summed E-state index contributed by atoms with van der Waals surface area (Å²) >= 11 is 0. The Balaban J connectivity index is 1.54. The van der Waals surface area contributed by atoms with Crippen LogP contribution < -0.4 is 14.8 Å². The summed E-state index contributed by atoms with van der Waals surface area (Å²) in [5.41, 5.74) is -0.191. The monoisotopic (exact) mass is 499 g/mol. The first-order valence-electron chi connectivity index (χ1n) is 9.74. The van der Waals surface area contributed by atoms with E-state index in [2.05, 4.69) is 14.8 Å². The van der Waals surface area contributed by atoms with E-state index in [1.165, 1.54) is 12.1 Å². The lowest BCUT2D eigenvalue weighted by Crippen LogP contribution is -2.57. The second-order valence-corrected chi connectivity index (χ2v) is 9.17. The fourth-order valence-electron chi connectivity index (χ4n) is 3.70. The molecule has 2 aliphatic rings. The van der Waals surface area contributed by atoms with Crippen molar-refractivity contribution in [2.24, 2.45) is 0 Å². The highest BCUT2D eigenvalue weighted by atomic mass is 32.2. The van der Waals surface area contributed by atoms with Gasteiger partial charge in [-0.25, -0.2) is 8.42 Å². The normalized spacial score (nSPS) is 20.7. The standard InChI is InChI=1S/C20H16F3N3O7S/c21-20(22,23)33-11-2-4-12(5-3-11)34(31,32)25-10-1-6-13-14(9-10)19(30)26(18(13)29)15-7-8-16(27)24-17(15)28/h1-6,9,15,17,25,28H,7-8H2,(H,24,27). The van der Waals surface area contributed by atoms with Crippen LogP contribution in [0.25, 0.3) is 0 Å². The zero-order valence-electron chi connectivity index (χ0n) is 17.0. The van der Waals surface area contributed by atoms with Gasteiger partial charge in [0.25, 0.3) is 21.8 Å². The molecule has 2 heterocycles. The predicted molar refractivity (Wildman–Crippen MR) is 108 cm³/mol. The molecule has 10 nitrogen and oxygen atoms in total. The maximum Gasteiger partial charge on any atom is 0.573 e. The van der Waals surface area contributed by atoms with Crippen molar-refractivity contribution >= 4 is 33.4 Å². The Morgan fingerprint density at radius 3 is 2.29 bits per heavy atom. The summed E-state index contributed by atoms with van der Waals surface area (Å²) in [5, 5.41) is 12.3. The van der Waals surface area contributed by atoms with Gasteiger partial charge in [0.1, 0.15) is 12.0 Å². The lowest BCUT2D eigenvalue weighted by atomic mass is 10.0. The SMILES string of the molecule is O=C1CCC(N2C(=O)c3ccc(NS(=O)(=O)c4ccc(OC(F)(F)F)cc4)cc3C2=O)C(O)N1. The minimum absolute atomic E-state index is 0.00693. The summed E-state index contributed by atoms with van der Waals surface area (Å²) in [4.78, 5) is 37.5. The Bertz CT molecular complexity index is 1280. The van der Waals surface area contributed by atoms with Crippen LogP contribution in [0.1, 0.15) is 33.6 Å². The number of imide groups is 1. The van der Waals surface area contributed by atoms with Gasteiger partial charge in [-0.05, 0) is 48.9 Å². The fourth-order valence-corrected chi connectivity index (χ4v) is 4.75. The summed E-state index contributed by atoms with van der Waals surface area (Å²) in [5.74, 6) is -2.49. The number of hydrogen-bond acceptors (Lipinski definition) is 7. The second-order valence-electron chi connectivity index (χ2n) is 7.48. The van der Waals surface area contributed by atoms with E-state index < -0.39 is 52.1 Å². The zero-order valence-corrected chi connectivity index (χ0v) is 17.8. The van der Waals surface area contributed by atoms with E-state index in [-0.39, 0.29) is 34.6 Å². The van der Waals surface area contributed by atoms with Gasteiger partial charge in [-0.2, -0.15) is 0 Å². The minimum atomic E-state index is -4.93. The van der Waals surface area contributed by atoms with Crippen molar-refractivity contribution in [1.29, 1.82) is 0 Å². The third-order valence-corrected chi connectivity index (χ3v) is 6.61. The number of carbonyl (C=O) groups excluding carboxylic acids is 3. The molecule has 0 aliphatic carbocycles. The van der Waals surface area contributed by atoms with Gasteiger partial charge < -0.3 is 15.2 Å². The maximum absolute atomic E-state index is 12.9. The van der Waals surface area contributed by atoms with Crippen molar-refractivity contribution < 1.29 is 45.8 Å². The number of aliphatic hydroxyl groups is 1. The molecule has 1 saturated heterocycles. The Labute approximate surface area is 190 Å². The third-order valence-electron chi connectivity index (χ3n) is 5.21. The molecule has 0 aromatic heterocycles. The first kappa shape index (κ1) is 23.5. The zero-order chi connectivity index (χ0) is 24.8. The van der Waals surface area contributed by atoms with Gasteiger partial charge in [-0.3, -0.25) is 24.0 Å². The Morgan fingerprint density at radius 2 is 1.68 bits per heavy atom. The number of sulfonamides is 1. The summed E-state index contributed by atoms with van der Waals surface area (Å²) < 4.78 is 68.0. The van der Waals surface area contributed by atoms with E-state index in [0.29, 0.717) is 0 Å². The molecule has 14 heteroatoms. The number of carbonyl (C=O) groups is 3. The fraction of sp³-hybridized carbons (Fsp3) is 0.250. The van der Waals surface area contributed by atoms with Gasteiger partial charge in [0, 0.05) is 12.1 Å². The van der Waals surface area contributed by atoms with Crippen LogP contribution in [0.15, 0.2) is 47.4 Å². The van der Waals surface area contributed by atoms with E-state index in [9.17, 15) is 41.1 Å². The highest BCUT2D eigenvalue weighted by Gasteiger charge is 2.44. The molecule has 1 fully saturated rings. The van der Waals surface area contributed by atoms with Gasteiger partial charge >= 0.3 is 6.36 Å². The number of aliphatic hydroxyl groups excluding tert-OH is 1. The van der Waals surface area contributed by atoms with E-state index >= 15 is 0 Å². The largest absolute Gasteiger partial charge is 0.573 e. The number of piperidine rings is 1. The molecule has 2 aromatic carbocycles. The lowest BCUT2D eigenvalue weighted by molar-refractivity contribution is -0.274. The number of fused-ring (bicyclic) bond motifs is 1. The van der Waals surface area contributed by atoms with Crippen molar-refractivity contribution in [2.45, 2.75) is 36.4 Å². The highest BCUT2D eigenvalue weighted by molar-refractivity contribution is 7.92. The molecule has 34 heavy (non-hydrogen) atoms. The quantitative estimate of drug-likeness (QED) is 0.530. The average molecular weight is 499 g/mol. The summed E-state index contributed by atoms with van der Waals surface area (Å²) in [7, 11) is -4.26. The molecule has 4 rings (SSSR count). The first-order valence-corrected chi connectivity index (χ1v) is 11.2. The molecule has 0 bridgehead atoms. The Kier molecular flexibility index (Phi) is 5.73. The van der Waals surface area contributed by atoms with E-state index in [1.807, 2.05) is 0 Å². The maximum atomic E-state index is 12.9.